The lowest BCUT2D eigenvalue weighted by Gasteiger charge is -2.34. The number of rotatable bonds is 4. The number of aliphatic hydroxyl groups is 1. The summed E-state index contributed by atoms with van der Waals surface area (Å²) in [6.45, 7) is 5.44. The molecule has 1 aromatic carbocycles. The van der Waals surface area contributed by atoms with Crippen molar-refractivity contribution in [1.29, 1.82) is 0 Å². The molecular formula is C14H19Cl2NO2. The van der Waals surface area contributed by atoms with Crippen LogP contribution in [-0.4, -0.2) is 48.5 Å². The molecule has 1 aliphatic rings. The first kappa shape index (κ1) is 15.1. The van der Waals surface area contributed by atoms with Crippen LogP contribution < -0.4 is 0 Å². The van der Waals surface area contributed by atoms with Crippen LogP contribution in [-0.2, 0) is 11.2 Å². The van der Waals surface area contributed by atoms with Crippen molar-refractivity contribution in [3.63, 3.8) is 0 Å². The fourth-order valence-corrected chi connectivity index (χ4v) is 2.71. The number of nitrogens with zero attached hydrogens (tertiary/aromatic N) is 1. The van der Waals surface area contributed by atoms with Crippen LogP contribution in [0.25, 0.3) is 0 Å². The second kappa shape index (κ2) is 6.91. The van der Waals surface area contributed by atoms with E-state index in [0.29, 0.717) is 23.1 Å². The molecule has 1 fully saturated rings. The molecule has 1 aliphatic heterocycles. The minimum Gasteiger partial charge on any atom is -0.390 e. The topological polar surface area (TPSA) is 32.7 Å². The van der Waals surface area contributed by atoms with Crippen LogP contribution in [0.3, 0.4) is 0 Å². The molecule has 2 unspecified atom stereocenters. The quantitative estimate of drug-likeness (QED) is 0.928. The van der Waals surface area contributed by atoms with Crippen molar-refractivity contribution in [3.8, 4) is 0 Å². The van der Waals surface area contributed by atoms with E-state index in [1.807, 2.05) is 12.1 Å². The van der Waals surface area contributed by atoms with Crippen molar-refractivity contribution in [1.82, 2.24) is 4.90 Å². The van der Waals surface area contributed by atoms with E-state index < -0.39 is 6.10 Å². The molecule has 0 aliphatic carbocycles. The molecule has 0 bridgehead atoms. The summed E-state index contributed by atoms with van der Waals surface area (Å²) in [5.41, 5.74) is 0.860. The van der Waals surface area contributed by atoms with Gasteiger partial charge < -0.3 is 9.84 Å². The Kier molecular flexibility index (Phi) is 5.48. The highest BCUT2D eigenvalue weighted by atomic mass is 35.5. The van der Waals surface area contributed by atoms with E-state index in [-0.39, 0.29) is 6.10 Å². The van der Waals surface area contributed by atoms with Gasteiger partial charge in [-0.1, -0.05) is 42.3 Å². The fraction of sp³-hybridized carbons (Fsp3) is 0.571. The minimum atomic E-state index is -0.565. The van der Waals surface area contributed by atoms with Gasteiger partial charge in [0.2, 0.25) is 0 Å². The van der Waals surface area contributed by atoms with E-state index in [2.05, 4.69) is 11.8 Å². The molecule has 0 amide bonds. The summed E-state index contributed by atoms with van der Waals surface area (Å²) in [6, 6.07) is 5.48. The number of hydrogen-bond acceptors (Lipinski definition) is 3. The summed E-state index contributed by atoms with van der Waals surface area (Å²) in [5.74, 6) is 0. The Morgan fingerprint density at radius 3 is 3.00 bits per heavy atom. The van der Waals surface area contributed by atoms with E-state index in [1.165, 1.54) is 0 Å². The van der Waals surface area contributed by atoms with Gasteiger partial charge in [0.25, 0.3) is 0 Å². The van der Waals surface area contributed by atoms with Crippen molar-refractivity contribution in [2.45, 2.75) is 25.6 Å². The first-order valence-electron chi connectivity index (χ1n) is 6.56. The Morgan fingerprint density at radius 1 is 1.47 bits per heavy atom. The van der Waals surface area contributed by atoms with Crippen molar-refractivity contribution in [3.05, 3.63) is 33.8 Å². The zero-order valence-electron chi connectivity index (χ0n) is 11.0. The summed E-state index contributed by atoms with van der Waals surface area (Å²) in [6.07, 6.45) is -0.268. The monoisotopic (exact) mass is 303 g/mol. The maximum atomic E-state index is 10.3. The smallest absolute Gasteiger partial charge is 0.0964 e. The van der Waals surface area contributed by atoms with E-state index in [4.69, 9.17) is 27.9 Å². The predicted octanol–water partition coefficient (Wildman–Crippen LogP) is 2.62. The Bertz CT molecular complexity index is 428. The molecule has 19 heavy (non-hydrogen) atoms. The fourth-order valence-electron chi connectivity index (χ4n) is 2.31. The molecule has 1 N–H and O–H groups in total. The van der Waals surface area contributed by atoms with Gasteiger partial charge in [0.05, 0.1) is 28.9 Å². The molecule has 0 radical (unpaired) electrons. The summed E-state index contributed by atoms with van der Waals surface area (Å²) in [5, 5.41) is 11.3. The maximum Gasteiger partial charge on any atom is 0.0964 e. The first-order valence-corrected chi connectivity index (χ1v) is 7.32. The summed E-state index contributed by atoms with van der Waals surface area (Å²) >= 11 is 12.1. The van der Waals surface area contributed by atoms with Gasteiger partial charge in [-0.3, -0.25) is 4.90 Å². The van der Waals surface area contributed by atoms with Crippen LogP contribution in [0.15, 0.2) is 18.2 Å². The van der Waals surface area contributed by atoms with Gasteiger partial charge in [0.1, 0.15) is 0 Å². The Balaban J connectivity index is 2.00. The van der Waals surface area contributed by atoms with Gasteiger partial charge >= 0.3 is 0 Å². The van der Waals surface area contributed by atoms with E-state index in [9.17, 15) is 5.11 Å². The molecule has 5 heteroatoms. The zero-order chi connectivity index (χ0) is 13.8. The lowest BCUT2D eigenvalue weighted by Crippen LogP contribution is -2.48. The van der Waals surface area contributed by atoms with Crippen molar-refractivity contribution < 1.29 is 9.84 Å². The molecule has 0 saturated carbocycles. The zero-order valence-corrected chi connectivity index (χ0v) is 12.5. The van der Waals surface area contributed by atoms with Gasteiger partial charge in [0, 0.05) is 19.5 Å². The van der Waals surface area contributed by atoms with Crippen molar-refractivity contribution >= 4 is 23.2 Å². The van der Waals surface area contributed by atoms with Crippen LogP contribution in [0.1, 0.15) is 12.5 Å². The lowest BCUT2D eigenvalue weighted by atomic mass is 10.0. The Labute approximate surface area is 124 Å². The molecule has 1 aromatic rings. The van der Waals surface area contributed by atoms with Crippen LogP contribution in [0.2, 0.25) is 10.0 Å². The van der Waals surface area contributed by atoms with E-state index in [0.717, 1.165) is 25.2 Å². The molecule has 1 saturated heterocycles. The number of morpholine rings is 1. The SMILES string of the molecule is CCN1CCOC(C(O)Cc2cccc(Cl)c2Cl)C1. The standard InChI is InChI=1S/C14H19Cl2NO2/c1-2-17-6-7-19-13(9-17)12(18)8-10-4-3-5-11(15)14(10)16/h3-5,12-13,18H,2,6-9H2,1H3. The number of aliphatic hydroxyl groups excluding tert-OH is 1. The number of likely N-dealkylation sites (N-methyl/N-ethyl adjacent to an activating group) is 1. The van der Waals surface area contributed by atoms with Gasteiger partial charge in [0.15, 0.2) is 0 Å². The summed E-state index contributed by atoms with van der Waals surface area (Å²) < 4.78 is 5.65. The number of ether oxygens (including phenoxy) is 1. The minimum absolute atomic E-state index is 0.163. The van der Waals surface area contributed by atoms with Crippen LogP contribution in [0.5, 0.6) is 0 Å². The molecule has 0 spiro atoms. The third-order valence-corrected chi connectivity index (χ3v) is 4.37. The molecule has 1 heterocycles. The second-order valence-corrected chi connectivity index (χ2v) is 5.57. The predicted molar refractivity (Wildman–Crippen MR) is 78.0 cm³/mol. The number of halogens is 2. The van der Waals surface area contributed by atoms with Crippen molar-refractivity contribution in [2.75, 3.05) is 26.2 Å². The summed E-state index contributed by atoms with van der Waals surface area (Å²) in [7, 11) is 0. The third kappa shape index (κ3) is 3.83. The third-order valence-electron chi connectivity index (χ3n) is 3.51. The van der Waals surface area contributed by atoms with E-state index >= 15 is 0 Å². The van der Waals surface area contributed by atoms with Crippen molar-refractivity contribution in [2.24, 2.45) is 0 Å². The average molecular weight is 304 g/mol. The van der Waals surface area contributed by atoms with Gasteiger partial charge in [-0.25, -0.2) is 0 Å². The molecule has 2 atom stereocenters. The van der Waals surface area contributed by atoms with Gasteiger partial charge in [-0.15, -0.1) is 0 Å². The molecular weight excluding hydrogens is 285 g/mol. The number of benzene rings is 1. The molecule has 2 rings (SSSR count). The highest BCUT2D eigenvalue weighted by molar-refractivity contribution is 6.42. The molecule has 106 valence electrons. The average Bonchev–Trinajstić information content (AvgIpc) is 2.44. The Hall–Kier alpha value is -0.320. The summed E-state index contributed by atoms with van der Waals surface area (Å²) in [4.78, 5) is 2.27. The number of hydrogen-bond donors (Lipinski definition) is 1. The van der Waals surface area contributed by atoms with E-state index in [1.54, 1.807) is 6.07 Å². The molecule has 3 nitrogen and oxygen atoms in total. The Morgan fingerprint density at radius 2 is 2.26 bits per heavy atom. The normalized spacial score (nSPS) is 22.4. The first-order chi connectivity index (χ1) is 9.11. The maximum absolute atomic E-state index is 10.3. The van der Waals surface area contributed by atoms with Gasteiger partial charge in [-0.05, 0) is 18.2 Å². The highest BCUT2D eigenvalue weighted by Crippen LogP contribution is 2.27. The van der Waals surface area contributed by atoms with Crippen LogP contribution >= 0.6 is 23.2 Å². The molecule has 0 aromatic heterocycles. The second-order valence-electron chi connectivity index (χ2n) is 4.79. The largest absolute Gasteiger partial charge is 0.390 e. The lowest BCUT2D eigenvalue weighted by molar-refractivity contribution is -0.0867. The van der Waals surface area contributed by atoms with Crippen LogP contribution in [0.4, 0.5) is 0 Å². The van der Waals surface area contributed by atoms with Crippen LogP contribution in [0, 0.1) is 0 Å². The highest BCUT2D eigenvalue weighted by Gasteiger charge is 2.26. The van der Waals surface area contributed by atoms with Gasteiger partial charge in [-0.2, -0.15) is 0 Å².